The molecular weight excluding hydrogens is 234 g/mol. The lowest BCUT2D eigenvalue weighted by molar-refractivity contribution is 0.0156. The molecule has 0 amide bonds. The fraction of sp³-hybridized carbons (Fsp3) is 1.00. The smallest absolute Gasteiger partial charge is 0.0330 e. The second kappa shape index (κ2) is 7.61. The van der Waals surface area contributed by atoms with Crippen LogP contribution in [0.5, 0.6) is 0 Å². The maximum Gasteiger partial charge on any atom is 0.0330 e. The number of nitrogens with one attached hydrogen (secondary N) is 1. The standard InChI is InChI=1S/C16H35N3/c1-7-15(12-17-11-14(2)3)19(6)13-16(18(4)5)9-8-10-16/h14-15,17H,7-13H2,1-6H3. The van der Waals surface area contributed by atoms with Crippen LogP contribution in [0.25, 0.3) is 0 Å². The van der Waals surface area contributed by atoms with E-state index in [1.54, 1.807) is 0 Å². The van der Waals surface area contributed by atoms with Gasteiger partial charge in [-0.25, -0.2) is 0 Å². The lowest BCUT2D eigenvalue weighted by atomic mass is 9.75. The molecule has 1 rings (SSSR count). The Balaban J connectivity index is 2.42. The van der Waals surface area contributed by atoms with Crippen molar-refractivity contribution in [3.05, 3.63) is 0 Å². The number of likely N-dealkylation sites (N-methyl/N-ethyl adjacent to an activating group) is 2. The highest BCUT2D eigenvalue weighted by Gasteiger charge is 2.40. The molecule has 1 aliphatic rings. The Bertz CT molecular complexity index is 246. The molecule has 0 saturated heterocycles. The third-order valence-corrected chi connectivity index (χ3v) is 4.80. The second-order valence-corrected chi connectivity index (χ2v) is 7.00. The van der Waals surface area contributed by atoms with E-state index in [2.05, 4.69) is 57.0 Å². The van der Waals surface area contributed by atoms with Crippen LogP contribution in [0.4, 0.5) is 0 Å². The van der Waals surface area contributed by atoms with Crippen LogP contribution in [-0.2, 0) is 0 Å². The summed E-state index contributed by atoms with van der Waals surface area (Å²) in [7, 11) is 6.78. The number of hydrogen-bond donors (Lipinski definition) is 1. The molecule has 1 unspecified atom stereocenters. The van der Waals surface area contributed by atoms with Crippen molar-refractivity contribution < 1.29 is 0 Å². The first-order chi connectivity index (χ1) is 8.91. The van der Waals surface area contributed by atoms with Gasteiger partial charge >= 0.3 is 0 Å². The molecule has 0 spiro atoms. The Hall–Kier alpha value is -0.120. The Morgan fingerprint density at radius 2 is 1.74 bits per heavy atom. The van der Waals surface area contributed by atoms with Crippen LogP contribution in [0.3, 0.4) is 0 Å². The maximum atomic E-state index is 3.61. The van der Waals surface area contributed by atoms with E-state index < -0.39 is 0 Å². The van der Waals surface area contributed by atoms with Gasteiger partial charge in [-0.1, -0.05) is 20.8 Å². The average molecular weight is 269 g/mol. The number of nitrogens with zero attached hydrogens (tertiary/aromatic N) is 2. The van der Waals surface area contributed by atoms with Crippen molar-refractivity contribution in [2.24, 2.45) is 5.92 Å². The highest BCUT2D eigenvalue weighted by atomic mass is 15.2. The molecule has 1 aliphatic carbocycles. The molecule has 0 bridgehead atoms. The zero-order valence-electron chi connectivity index (χ0n) is 14.0. The van der Waals surface area contributed by atoms with Gasteiger partial charge in [0, 0.05) is 24.7 Å². The van der Waals surface area contributed by atoms with E-state index in [0.717, 1.165) is 19.0 Å². The van der Waals surface area contributed by atoms with E-state index in [0.29, 0.717) is 11.6 Å². The summed E-state index contributed by atoms with van der Waals surface area (Å²) in [6.07, 6.45) is 5.35. The van der Waals surface area contributed by atoms with E-state index >= 15 is 0 Å². The summed E-state index contributed by atoms with van der Waals surface area (Å²) in [5, 5.41) is 3.61. The normalized spacial score (nSPS) is 20.1. The molecular formula is C16H35N3. The minimum absolute atomic E-state index is 0.445. The third-order valence-electron chi connectivity index (χ3n) is 4.80. The minimum Gasteiger partial charge on any atom is -0.315 e. The van der Waals surface area contributed by atoms with Gasteiger partial charge in [-0.3, -0.25) is 0 Å². The minimum atomic E-state index is 0.445. The van der Waals surface area contributed by atoms with Gasteiger partial charge in [-0.05, 0) is 59.3 Å². The third kappa shape index (κ3) is 4.73. The Morgan fingerprint density at radius 3 is 2.11 bits per heavy atom. The predicted octanol–water partition coefficient (Wildman–Crippen LogP) is 2.43. The summed E-state index contributed by atoms with van der Waals surface area (Å²) in [6, 6.07) is 0.663. The van der Waals surface area contributed by atoms with Gasteiger partial charge in [0.2, 0.25) is 0 Å². The topological polar surface area (TPSA) is 18.5 Å². The zero-order chi connectivity index (χ0) is 14.5. The van der Waals surface area contributed by atoms with Crippen molar-refractivity contribution in [3.8, 4) is 0 Å². The molecule has 1 N–H and O–H groups in total. The average Bonchev–Trinajstić information content (AvgIpc) is 2.28. The number of hydrogen-bond acceptors (Lipinski definition) is 3. The van der Waals surface area contributed by atoms with Crippen molar-refractivity contribution in [3.63, 3.8) is 0 Å². The van der Waals surface area contributed by atoms with Crippen molar-refractivity contribution in [2.75, 3.05) is 40.8 Å². The summed E-state index contributed by atoms with van der Waals surface area (Å²) < 4.78 is 0. The van der Waals surface area contributed by atoms with E-state index in [1.165, 1.54) is 32.2 Å². The molecule has 0 aromatic heterocycles. The molecule has 3 heteroatoms. The molecule has 19 heavy (non-hydrogen) atoms. The van der Waals surface area contributed by atoms with E-state index in [4.69, 9.17) is 0 Å². The first-order valence-electron chi connectivity index (χ1n) is 7.99. The molecule has 1 saturated carbocycles. The van der Waals surface area contributed by atoms with E-state index in [-0.39, 0.29) is 0 Å². The Kier molecular flexibility index (Phi) is 6.78. The fourth-order valence-corrected chi connectivity index (χ4v) is 3.08. The monoisotopic (exact) mass is 269 g/mol. The van der Waals surface area contributed by atoms with Crippen LogP contribution in [0.1, 0.15) is 46.5 Å². The second-order valence-electron chi connectivity index (χ2n) is 7.00. The van der Waals surface area contributed by atoms with Gasteiger partial charge in [0.05, 0.1) is 0 Å². The first-order valence-corrected chi connectivity index (χ1v) is 7.99. The van der Waals surface area contributed by atoms with Crippen LogP contribution in [0.2, 0.25) is 0 Å². The van der Waals surface area contributed by atoms with Crippen molar-refractivity contribution in [1.29, 1.82) is 0 Å². The lowest BCUT2D eigenvalue weighted by Gasteiger charge is -2.50. The van der Waals surface area contributed by atoms with Crippen LogP contribution in [0, 0.1) is 5.92 Å². The molecule has 1 atom stereocenters. The van der Waals surface area contributed by atoms with Crippen molar-refractivity contribution >= 4 is 0 Å². The van der Waals surface area contributed by atoms with Crippen LogP contribution < -0.4 is 5.32 Å². The molecule has 114 valence electrons. The van der Waals surface area contributed by atoms with Crippen LogP contribution in [-0.4, -0.2) is 62.2 Å². The molecule has 0 aromatic carbocycles. The van der Waals surface area contributed by atoms with E-state index in [9.17, 15) is 0 Å². The summed E-state index contributed by atoms with van der Waals surface area (Å²) in [5.74, 6) is 0.738. The molecule has 0 heterocycles. The molecule has 0 aromatic rings. The largest absolute Gasteiger partial charge is 0.315 e. The van der Waals surface area contributed by atoms with Gasteiger partial charge in [0.25, 0.3) is 0 Å². The highest BCUT2D eigenvalue weighted by Crippen LogP contribution is 2.37. The van der Waals surface area contributed by atoms with Crippen molar-refractivity contribution in [2.45, 2.75) is 58.0 Å². The highest BCUT2D eigenvalue weighted by molar-refractivity contribution is 4.98. The van der Waals surface area contributed by atoms with Gasteiger partial charge < -0.3 is 15.1 Å². The Labute approximate surface area is 120 Å². The Morgan fingerprint density at radius 1 is 1.11 bits per heavy atom. The first kappa shape index (κ1) is 16.9. The predicted molar refractivity (Wildman–Crippen MR) is 84.7 cm³/mol. The fourth-order valence-electron chi connectivity index (χ4n) is 3.08. The molecule has 0 aliphatic heterocycles. The molecule has 0 radical (unpaired) electrons. The van der Waals surface area contributed by atoms with Gasteiger partial charge in [0.15, 0.2) is 0 Å². The maximum absolute atomic E-state index is 3.61. The summed E-state index contributed by atoms with van der Waals surface area (Å²) in [4.78, 5) is 5.02. The number of rotatable bonds is 9. The summed E-state index contributed by atoms with van der Waals surface area (Å²) >= 11 is 0. The van der Waals surface area contributed by atoms with Crippen LogP contribution >= 0.6 is 0 Å². The zero-order valence-corrected chi connectivity index (χ0v) is 14.0. The van der Waals surface area contributed by atoms with Crippen molar-refractivity contribution in [1.82, 2.24) is 15.1 Å². The summed E-state index contributed by atoms with van der Waals surface area (Å²) in [6.45, 7) is 10.3. The SMILES string of the molecule is CCC(CNCC(C)C)N(C)CC1(N(C)C)CCC1. The van der Waals surface area contributed by atoms with E-state index in [1.807, 2.05) is 0 Å². The molecule has 1 fully saturated rings. The molecule has 3 nitrogen and oxygen atoms in total. The van der Waals surface area contributed by atoms with Gasteiger partial charge in [-0.15, -0.1) is 0 Å². The lowest BCUT2D eigenvalue weighted by Crippen LogP contribution is -2.58. The summed E-state index contributed by atoms with van der Waals surface area (Å²) in [5.41, 5.74) is 0.445. The van der Waals surface area contributed by atoms with Crippen LogP contribution in [0.15, 0.2) is 0 Å². The quantitative estimate of drug-likeness (QED) is 0.693. The van der Waals surface area contributed by atoms with Gasteiger partial charge in [0.1, 0.15) is 0 Å². The van der Waals surface area contributed by atoms with Gasteiger partial charge in [-0.2, -0.15) is 0 Å².